The largest absolute Gasteiger partial charge is 0.396 e. The van der Waals surface area contributed by atoms with E-state index >= 15 is 0 Å². The Morgan fingerprint density at radius 2 is 2.20 bits per heavy atom. The van der Waals surface area contributed by atoms with Crippen LogP contribution in [-0.2, 0) is 16.6 Å². The van der Waals surface area contributed by atoms with Crippen molar-refractivity contribution in [1.82, 2.24) is 14.0 Å². The first-order valence-electron chi connectivity index (χ1n) is 6.78. The molecule has 0 aliphatic carbocycles. The maximum Gasteiger partial charge on any atom is 0.279 e. The molecule has 8 heteroatoms. The molecule has 1 saturated heterocycles. The van der Waals surface area contributed by atoms with Crippen molar-refractivity contribution >= 4 is 21.5 Å². The molecule has 2 rings (SSSR count). The normalized spacial score (nSPS) is 18.5. The summed E-state index contributed by atoms with van der Waals surface area (Å²) >= 11 is 1.55. The second-order valence-corrected chi connectivity index (χ2v) is 7.75. The number of aromatic nitrogens is 1. The second-order valence-electron chi connectivity index (χ2n) is 5.06. The summed E-state index contributed by atoms with van der Waals surface area (Å²) in [4.78, 5) is 4.31. The van der Waals surface area contributed by atoms with E-state index in [1.54, 1.807) is 11.3 Å². The van der Waals surface area contributed by atoms with Gasteiger partial charge in [-0.2, -0.15) is 12.7 Å². The number of rotatable bonds is 6. The van der Waals surface area contributed by atoms with E-state index in [2.05, 4.69) is 9.71 Å². The van der Waals surface area contributed by atoms with Gasteiger partial charge in [-0.1, -0.05) is 0 Å². The van der Waals surface area contributed by atoms with Gasteiger partial charge >= 0.3 is 0 Å². The molecule has 0 aromatic carbocycles. The van der Waals surface area contributed by atoms with Gasteiger partial charge < -0.3 is 5.11 Å². The molecule has 2 heterocycles. The fraction of sp³-hybridized carbons (Fsp3) is 0.750. The van der Waals surface area contributed by atoms with Crippen molar-refractivity contribution in [3.63, 3.8) is 0 Å². The Kier molecular flexibility index (Phi) is 5.50. The van der Waals surface area contributed by atoms with Crippen molar-refractivity contribution in [2.24, 2.45) is 5.92 Å². The van der Waals surface area contributed by atoms with Crippen LogP contribution in [0, 0.1) is 12.8 Å². The van der Waals surface area contributed by atoms with Crippen molar-refractivity contribution in [1.29, 1.82) is 0 Å². The molecule has 6 nitrogen and oxygen atoms in total. The van der Waals surface area contributed by atoms with Crippen LogP contribution in [0.1, 0.15) is 23.5 Å². The molecule has 0 unspecified atom stereocenters. The van der Waals surface area contributed by atoms with Gasteiger partial charge in [0.05, 0.1) is 5.01 Å². The van der Waals surface area contributed by atoms with Crippen molar-refractivity contribution in [3.8, 4) is 0 Å². The predicted octanol–water partition coefficient (Wildman–Crippen LogP) is 0.533. The van der Waals surface area contributed by atoms with Gasteiger partial charge in [0.15, 0.2) is 0 Å². The fourth-order valence-corrected chi connectivity index (χ4v) is 4.24. The highest BCUT2D eigenvalue weighted by molar-refractivity contribution is 7.87. The molecule has 114 valence electrons. The first kappa shape index (κ1) is 15.8. The maximum absolute atomic E-state index is 12.1. The van der Waals surface area contributed by atoms with Crippen LogP contribution in [0.5, 0.6) is 0 Å². The van der Waals surface area contributed by atoms with Crippen molar-refractivity contribution in [2.75, 3.05) is 26.2 Å². The van der Waals surface area contributed by atoms with Gasteiger partial charge in [0.1, 0.15) is 0 Å². The zero-order chi connectivity index (χ0) is 14.6. The topological polar surface area (TPSA) is 82.5 Å². The molecular formula is C12H21N3O3S2. The molecule has 1 aliphatic heterocycles. The zero-order valence-corrected chi connectivity index (χ0v) is 13.2. The molecular weight excluding hydrogens is 298 g/mol. The summed E-state index contributed by atoms with van der Waals surface area (Å²) in [5.74, 6) is 0.236. The van der Waals surface area contributed by atoms with E-state index in [1.165, 1.54) is 4.31 Å². The number of aliphatic hydroxyl groups excluding tert-OH is 1. The average molecular weight is 319 g/mol. The molecule has 1 aromatic heterocycles. The third-order valence-corrected chi connectivity index (χ3v) is 6.10. The number of aliphatic hydroxyl groups is 1. The monoisotopic (exact) mass is 319 g/mol. The van der Waals surface area contributed by atoms with Crippen LogP contribution in [0.2, 0.25) is 0 Å². The van der Waals surface area contributed by atoms with Gasteiger partial charge in [-0.05, 0) is 25.7 Å². The minimum atomic E-state index is -3.40. The van der Waals surface area contributed by atoms with Gasteiger partial charge in [-0.25, -0.2) is 9.71 Å². The van der Waals surface area contributed by atoms with E-state index in [0.717, 1.165) is 23.5 Å². The first-order chi connectivity index (χ1) is 9.51. The fourth-order valence-electron chi connectivity index (χ4n) is 2.23. The number of nitrogens with one attached hydrogen (secondary N) is 1. The zero-order valence-electron chi connectivity index (χ0n) is 11.6. The van der Waals surface area contributed by atoms with E-state index in [4.69, 9.17) is 5.11 Å². The molecule has 0 atom stereocenters. The Balaban J connectivity index is 1.79. The van der Waals surface area contributed by atoms with Crippen LogP contribution in [0.15, 0.2) is 5.38 Å². The molecule has 20 heavy (non-hydrogen) atoms. The number of thiazole rings is 1. The number of aryl methyl sites for hydroxylation is 1. The highest BCUT2D eigenvalue weighted by atomic mass is 32.2. The summed E-state index contributed by atoms with van der Waals surface area (Å²) in [6.07, 6.45) is 2.07. The Bertz CT molecular complexity index is 522. The van der Waals surface area contributed by atoms with Gasteiger partial charge in [-0.3, -0.25) is 0 Å². The smallest absolute Gasteiger partial charge is 0.279 e. The van der Waals surface area contributed by atoms with E-state index in [9.17, 15) is 8.42 Å². The number of nitrogens with zero attached hydrogens (tertiary/aromatic N) is 2. The lowest BCUT2D eigenvalue weighted by molar-refractivity contribution is 0.169. The third kappa shape index (κ3) is 4.23. The van der Waals surface area contributed by atoms with Crippen molar-refractivity contribution in [3.05, 3.63) is 16.1 Å². The summed E-state index contributed by atoms with van der Waals surface area (Å²) in [5, 5.41) is 12.0. The third-order valence-electron chi connectivity index (χ3n) is 3.46. The molecule has 0 radical (unpaired) electrons. The summed E-state index contributed by atoms with van der Waals surface area (Å²) in [6, 6.07) is 0. The number of hydrogen-bond donors (Lipinski definition) is 2. The average Bonchev–Trinajstić information content (AvgIpc) is 2.84. The van der Waals surface area contributed by atoms with Crippen LogP contribution < -0.4 is 4.72 Å². The number of piperidine rings is 1. The van der Waals surface area contributed by atoms with Crippen LogP contribution in [-0.4, -0.2) is 49.1 Å². The van der Waals surface area contributed by atoms with Gasteiger partial charge in [0, 0.05) is 43.7 Å². The van der Waals surface area contributed by atoms with E-state index in [-0.39, 0.29) is 12.5 Å². The van der Waals surface area contributed by atoms with Crippen molar-refractivity contribution in [2.45, 2.75) is 26.2 Å². The minimum absolute atomic E-state index is 0.144. The Hall–Kier alpha value is -0.540. The lowest BCUT2D eigenvalue weighted by atomic mass is 10.00. The standard InChI is InChI=1S/C12H21N3O3S2/c1-10-9-19-12(14-10)2-5-13-20(17,18)15-6-3-11(8-16)4-7-15/h9,11,13,16H,2-8H2,1H3. The van der Waals surface area contributed by atoms with E-state index in [0.29, 0.717) is 26.1 Å². The summed E-state index contributed by atoms with van der Waals surface area (Å²) in [6.45, 7) is 3.41. The van der Waals surface area contributed by atoms with Crippen LogP contribution in [0.4, 0.5) is 0 Å². The maximum atomic E-state index is 12.1. The summed E-state index contributed by atoms with van der Waals surface area (Å²) in [7, 11) is -3.40. The molecule has 0 amide bonds. The Morgan fingerprint density at radius 3 is 2.75 bits per heavy atom. The Morgan fingerprint density at radius 1 is 1.50 bits per heavy atom. The van der Waals surface area contributed by atoms with Crippen LogP contribution in [0.25, 0.3) is 0 Å². The van der Waals surface area contributed by atoms with Gasteiger partial charge in [0.25, 0.3) is 10.2 Å². The molecule has 2 N–H and O–H groups in total. The van der Waals surface area contributed by atoms with Crippen LogP contribution >= 0.6 is 11.3 Å². The Labute approximate surface area is 124 Å². The molecule has 1 aromatic rings. The van der Waals surface area contributed by atoms with E-state index in [1.807, 2.05) is 12.3 Å². The van der Waals surface area contributed by atoms with Gasteiger partial charge in [-0.15, -0.1) is 11.3 Å². The molecule has 1 fully saturated rings. The lowest BCUT2D eigenvalue weighted by Crippen LogP contribution is -2.45. The highest BCUT2D eigenvalue weighted by Crippen LogP contribution is 2.18. The minimum Gasteiger partial charge on any atom is -0.396 e. The molecule has 1 aliphatic rings. The van der Waals surface area contributed by atoms with Crippen LogP contribution in [0.3, 0.4) is 0 Å². The predicted molar refractivity (Wildman–Crippen MR) is 78.9 cm³/mol. The lowest BCUT2D eigenvalue weighted by Gasteiger charge is -2.30. The SMILES string of the molecule is Cc1csc(CCNS(=O)(=O)N2CCC(CO)CC2)n1. The summed E-state index contributed by atoms with van der Waals surface area (Å²) < 4.78 is 28.3. The summed E-state index contributed by atoms with van der Waals surface area (Å²) in [5.41, 5.74) is 0.971. The van der Waals surface area contributed by atoms with E-state index < -0.39 is 10.2 Å². The molecule has 0 spiro atoms. The first-order valence-corrected chi connectivity index (χ1v) is 9.10. The molecule has 0 bridgehead atoms. The molecule has 0 saturated carbocycles. The van der Waals surface area contributed by atoms with Crippen molar-refractivity contribution < 1.29 is 13.5 Å². The van der Waals surface area contributed by atoms with Gasteiger partial charge in [0.2, 0.25) is 0 Å². The second kappa shape index (κ2) is 6.95. The quantitative estimate of drug-likeness (QED) is 0.801. The highest BCUT2D eigenvalue weighted by Gasteiger charge is 2.27. The number of hydrogen-bond acceptors (Lipinski definition) is 5.